The van der Waals surface area contributed by atoms with Gasteiger partial charge in [0, 0.05) is 11.6 Å². The zero-order chi connectivity index (χ0) is 16.7. The predicted octanol–water partition coefficient (Wildman–Crippen LogP) is 2.43. The van der Waals surface area contributed by atoms with E-state index in [0.717, 1.165) is 11.0 Å². The van der Waals surface area contributed by atoms with Crippen molar-refractivity contribution in [3.63, 3.8) is 0 Å². The summed E-state index contributed by atoms with van der Waals surface area (Å²) in [6, 6.07) is 5.77. The Morgan fingerprint density at radius 3 is 2.18 bits per heavy atom. The van der Waals surface area contributed by atoms with Crippen LogP contribution in [-0.4, -0.2) is 30.3 Å². The van der Waals surface area contributed by atoms with Gasteiger partial charge in [-0.3, -0.25) is 4.79 Å². The first-order valence-corrected chi connectivity index (χ1v) is 7.81. The van der Waals surface area contributed by atoms with Gasteiger partial charge in [0.2, 0.25) is 0 Å². The highest BCUT2D eigenvalue weighted by molar-refractivity contribution is 6.64. The van der Waals surface area contributed by atoms with Crippen LogP contribution < -0.4 is 10.8 Å². The average Bonchev–Trinajstić information content (AvgIpc) is 2.56. The molecule has 0 atom stereocenters. The van der Waals surface area contributed by atoms with Crippen molar-refractivity contribution in [3.8, 4) is 0 Å². The summed E-state index contributed by atoms with van der Waals surface area (Å²) >= 11 is 0. The molecule has 0 radical (unpaired) electrons. The van der Waals surface area contributed by atoms with Gasteiger partial charge in [-0.2, -0.15) is 0 Å². The minimum absolute atomic E-state index is 0.0826. The Bertz CT molecular complexity index is 565. The molecule has 1 saturated heterocycles. The topological polar surface area (TPSA) is 47.6 Å². The number of hydrogen-bond acceptors (Lipinski definition) is 3. The van der Waals surface area contributed by atoms with Crippen LogP contribution in [0.3, 0.4) is 0 Å². The molecule has 0 unspecified atom stereocenters. The molecule has 22 heavy (non-hydrogen) atoms. The van der Waals surface area contributed by atoms with E-state index in [1.54, 1.807) is 0 Å². The monoisotopic (exact) mass is 303 g/mol. The van der Waals surface area contributed by atoms with Gasteiger partial charge in [-0.1, -0.05) is 17.7 Å². The molecular formula is C17H26BNO3. The maximum atomic E-state index is 12.5. The fourth-order valence-corrected chi connectivity index (χ4v) is 2.49. The molecule has 2 rings (SSSR count). The molecule has 0 spiro atoms. The Labute approximate surface area is 133 Å². The Morgan fingerprint density at radius 2 is 1.68 bits per heavy atom. The normalized spacial score (nSPS) is 19.5. The maximum absolute atomic E-state index is 12.5. The summed E-state index contributed by atoms with van der Waals surface area (Å²) in [5.41, 5.74) is 1.58. The Kier molecular flexibility index (Phi) is 4.42. The highest BCUT2D eigenvalue weighted by Crippen LogP contribution is 2.36. The molecule has 0 saturated carbocycles. The van der Waals surface area contributed by atoms with Gasteiger partial charge >= 0.3 is 7.12 Å². The fraction of sp³-hybridized carbons (Fsp3) is 0.588. The molecule has 1 aromatic carbocycles. The first kappa shape index (κ1) is 17.0. The van der Waals surface area contributed by atoms with Crippen LogP contribution in [0.1, 0.15) is 57.5 Å². The summed E-state index contributed by atoms with van der Waals surface area (Å²) < 4.78 is 12.2. The van der Waals surface area contributed by atoms with E-state index in [1.165, 1.54) is 0 Å². The second kappa shape index (κ2) is 5.71. The van der Waals surface area contributed by atoms with Crippen molar-refractivity contribution in [2.75, 3.05) is 0 Å². The molecule has 1 N–H and O–H groups in total. The molecule has 1 aliphatic rings. The van der Waals surface area contributed by atoms with Gasteiger partial charge in [0.25, 0.3) is 5.91 Å². The molecule has 0 aromatic heterocycles. The van der Waals surface area contributed by atoms with Crippen LogP contribution in [0.15, 0.2) is 18.2 Å². The van der Waals surface area contributed by atoms with Gasteiger partial charge in [-0.15, -0.1) is 0 Å². The highest BCUT2D eigenvalue weighted by atomic mass is 16.7. The second-order valence-corrected chi connectivity index (χ2v) is 7.25. The molecule has 1 aliphatic heterocycles. The van der Waals surface area contributed by atoms with Crippen molar-refractivity contribution in [1.29, 1.82) is 0 Å². The average molecular weight is 303 g/mol. The van der Waals surface area contributed by atoms with Crippen molar-refractivity contribution in [2.24, 2.45) is 0 Å². The lowest BCUT2D eigenvalue weighted by atomic mass is 9.73. The minimum Gasteiger partial charge on any atom is -0.399 e. The summed E-state index contributed by atoms with van der Waals surface area (Å²) in [7, 11) is -0.529. The van der Waals surface area contributed by atoms with Gasteiger partial charge in [0.1, 0.15) is 0 Å². The van der Waals surface area contributed by atoms with Gasteiger partial charge in [-0.05, 0) is 60.0 Å². The van der Waals surface area contributed by atoms with Crippen molar-refractivity contribution in [2.45, 2.75) is 65.7 Å². The molecule has 120 valence electrons. The number of amides is 1. The summed E-state index contributed by atoms with van der Waals surface area (Å²) in [6.07, 6.45) is 0. The number of aryl methyl sites for hydroxylation is 1. The van der Waals surface area contributed by atoms with E-state index in [4.69, 9.17) is 9.31 Å². The molecule has 1 amide bonds. The molecule has 1 fully saturated rings. The van der Waals surface area contributed by atoms with Crippen molar-refractivity contribution < 1.29 is 14.1 Å². The Hall–Kier alpha value is -1.33. The lowest BCUT2D eigenvalue weighted by Crippen LogP contribution is -2.43. The standard InChI is InChI=1S/C17H26BNO3/c1-11(2)19-15(20)13-10-8-9-12(3)14(13)18-21-16(4,5)17(6,7)22-18/h8-11H,1-7H3,(H,19,20). The molecule has 5 heteroatoms. The molecule has 1 aromatic rings. The van der Waals surface area contributed by atoms with Crippen molar-refractivity contribution in [3.05, 3.63) is 29.3 Å². The molecule has 1 heterocycles. The Morgan fingerprint density at radius 1 is 1.14 bits per heavy atom. The van der Waals surface area contributed by atoms with Crippen LogP contribution >= 0.6 is 0 Å². The van der Waals surface area contributed by atoms with E-state index in [0.29, 0.717) is 5.56 Å². The zero-order valence-corrected chi connectivity index (χ0v) is 14.6. The van der Waals surface area contributed by atoms with Gasteiger partial charge in [0.05, 0.1) is 11.2 Å². The summed E-state index contributed by atoms with van der Waals surface area (Å²) in [5, 5.41) is 2.94. The van der Waals surface area contributed by atoms with Crippen LogP contribution in [0.5, 0.6) is 0 Å². The number of rotatable bonds is 3. The second-order valence-electron chi connectivity index (χ2n) is 7.25. The van der Waals surface area contributed by atoms with Crippen LogP contribution in [-0.2, 0) is 9.31 Å². The SMILES string of the molecule is Cc1cccc(C(=O)NC(C)C)c1B1OC(C)(C)C(C)(C)O1. The minimum atomic E-state index is -0.529. The number of hydrogen-bond donors (Lipinski definition) is 1. The van der Waals surface area contributed by atoms with Gasteiger partial charge in [-0.25, -0.2) is 0 Å². The highest BCUT2D eigenvalue weighted by Gasteiger charge is 2.52. The lowest BCUT2D eigenvalue weighted by molar-refractivity contribution is 0.00578. The molecule has 4 nitrogen and oxygen atoms in total. The molecule has 0 bridgehead atoms. The first-order valence-electron chi connectivity index (χ1n) is 7.81. The fourth-order valence-electron chi connectivity index (χ4n) is 2.49. The number of benzene rings is 1. The van der Waals surface area contributed by atoms with Crippen molar-refractivity contribution in [1.82, 2.24) is 5.32 Å². The summed E-state index contributed by atoms with van der Waals surface area (Å²) in [6.45, 7) is 13.9. The van der Waals surface area contributed by atoms with Gasteiger partial charge in [0.15, 0.2) is 0 Å². The number of carbonyl (C=O) groups excluding carboxylic acids is 1. The predicted molar refractivity (Wildman–Crippen MR) is 89.5 cm³/mol. The maximum Gasteiger partial charge on any atom is 0.495 e. The largest absolute Gasteiger partial charge is 0.495 e. The van der Waals surface area contributed by atoms with E-state index in [1.807, 2.05) is 66.7 Å². The Balaban J connectivity index is 2.42. The smallest absolute Gasteiger partial charge is 0.399 e. The van der Waals surface area contributed by atoms with Crippen LogP contribution in [0, 0.1) is 6.92 Å². The number of carbonyl (C=O) groups is 1. The first-order chi connectivity index (χ1) is 10.0. The quantitative estimate of drug-likeness (QED) is 0.873. The molecule has 0 aliphatic carbocycles. The lowest BCUT2D eigenvalue weighted by Gasteiger charge is -2.32. The van der Waals surface area contributed by atoms with Crippen LogP contribution in [0.25, 0.3) is 0 Å². The third kappa shape index (κ3) is 3.06. The van der Waals surface area contributed by atoms with Crippen LogP contribution in [0.2, 0.25) is 0 Å². The van der Waals surface area contributed by atoms with Crippen LogP contribution in [0.4, 0.5) is 0 Å². The van der Waals surface area contributed by atoms with E-state index >= 15 is 0 Å². The van der Waals surface area contributed by atoms with E-state index < -0.39 is 18.3 Å². The van der Waals surface area contributed by atoms with E-state index in [2.05, 4.69) is 5.32 Å². The number of nitrogens with one attached hydrogen (secondary N) is 1. The molecular weight excluding hydrogens is 277 g/mol. The third-order valence-electron chi connectivity index (χ3n) is 4.48. The summed E-state index contributed by atoms with van der Waals surface area (Å²) in [5.74, 6) is -0.0941. The van der Waals surface area contributed by atoms with E-state index in [9.17, 15) is 4.79 Å². The van der Waals surface area contributed by atoms with Crippen molar-refractivity contribution >= 4 is 18.5 Å². The summed E-state index contributed by atoms with van der Waals surface area (Å²) in [4.78, 5) is 12.5. The van der Waals surface area contributed by atoms with E-state index in [-0.39, 0.29) is 11.9 Å². The zero-order valence-electron chi connectivity index (χ0n) is 14.6. The van der Waals surface area contributed by atoms with Gasteiger partial charge < -0.3 is 14.6 Å². The third-order valence-corrected chi connectivity index (χ3v) is 4.48.